The molecule has 0 heterocycles. The quantitative estimate of drug-likeness (QED) is 0.438. The summed E-state index contributed by atoms with van der Waals surface area (Å²) in [6, 6.07) is 2.71. The molecule has 0 radical (unpaired) electrons. The maximum atomic E-state index is 12.6. The Hall–Kier alpha value is -2.03. The molecule has 0 fully saturated rings. The lowest BCUT2D eigenvalue weighted by Gasteiger charge is -2.19. The molecular weight excluding hydrogens is 406 g/mol. The van der Waals surface area contributed by atoms with Crippen molar-refractivity contribution in [2.75, 3.05) is 64.8 Å². The number of hydrogen-bond acceptors (Lipinski definition) is 5. The smallest absolute Gasteiger partial charge is 0.319 e. The van der Waals surface area contributed by atoms with Crippen LogP contribution in [0.4, 0.5) is 10.5 Å². The molecule has 0 saturated carbocycles. The predicted molar refractivity (Wildman–Crippen MR) is 123 cm³/mol. The number of urea groups is 1. The minimum absolute atomic E-state index is 0.267. The number of likely N-dealkylation sites (N-methyl/N-ethyl adjacent to an activating group) is 2. The maximum absolute atomic E-state index is 12.6. The molecule has 0 atom stereocenters. The fourth-order valence-corrected chi connectivity index (χ4v) is 3.20. The van der Waals surface area contributed by atoms with Gasteiger partial charge in [0, 0.05) is 32.2 Å². The number of halogens is 1. The summed E-state index contributed by atoms with van der Waals surface area (Å²) in [5.74, 6) is 0.0781. The molecule has 0 aliphatic heterocycles. The number of amides is 3. The molecule has 0 spiro atoms. The summed E-state index contributed by atoms with van der Waals surface area (Å²) in [4.78, 5) is 29.2. The largest absolute Gasteiger partial charge is 0.496 e. The molecule has 0 saturated heterocycles. The van der Waals surface area contributed by atoms with Gasteiger partial charge in [-0.2, -0.15) is 0 Å². The van der Waals surface area contributed by atoms with Gasteiger partial charge in [-0.1, -0.05) is 39.3 Å². The van der Waals surface area contributed by atoms with Crippen molar-refractivity contribution in [1.29, 1.82) is 0 Å². The maximum Gasteiger partial charge on any atom is 0.319 e. The van der Waals surface area contributed by atoms with Crippen LogP contribution in [0.25, 0.3) is 0 Å². The van der Waals surface area contributed by atoms with Crippen LogP contribution >= 0.6 is 11.6 Å². The van der Waals surface area contributed by atoms with Crippen LogP contribution in [0.2, 0.25) is 5.02 Å². The molecule has 0 aliphatic carbocycles. The van der Waals surface area contributed by atoms with E-state index in [1.54, 1.807) is 6.07 Å². The molecule has 30 heavy (non-hydrogen) atoms. The number of benzene rings is 1. The summed E-state index contributed by atoms with van der Waals surface area (Å²) < 4.78 is 5.35. The summed E-state index contributed by atoms with van der Waals surface area (Å²) in [6.45, 7) is 14.6. The van der Waals surface area contributed by atoms with Gasteiger partial charge in [0.1, 0.15) is 5.75 Å². The van der Waals surface area contributed by atoms with Gasteiger partial charge in [-0.25, -0.2) is 4.79 Å². The first-order valence-corrected chi connectivity index (χ1v) is 10.9. The van der Waals surface area contributed by atoms with Crippen molar-refractivity contribution in [3.05, 3.63) is 22.7 Å². The Kier molecular flexibility index (Phi) is 12.2. The van der Waals surface area contributed by atoms with E-state index < -0.39 is 0 Å². The molecular formula is C21H36ClN5O3. The zero-order valence-electron chi connectivity index (χ0n) is 18.8. The van der Waals surface area contributed by atoms with Crippen LogP contribution in [0.15, 0.2) is 12.1 Å². The van der Waals surface area contributed by atoms with E-state index in [1.165, 1.54) is 13.2 Å². The second-order valence-corrected chi connectivity index (χ2v) is 7.13. The second kappa shape index (κ2) is 14.1. The third-order valence-electron chi connectivity index (χ3n) is 5.00. The highest BCUT2D eigenvalue weighted by molar-refractivity contribution is 6.34. The Morgan fingerprint density at radius 2 is 1.47 bits per heavy atom. The van der Waals surface area contributed by atoms with Crippen LogP contribution in [0, 0.1) is 0 Å². The molecule has 1 rings (SSSR count). The number of carbonyl (C=O) groups excluding carboxylic acids is 2. The first kappa shape index (κ1) is 26.0. The van der Waals surface area contributed by atoms with Gasteiger partial charge in [-0.05, 0) is 32.2 Å². The van der Waals surface area contributed by atoms with Crippen LogP contribution in [0.3, 0.4) is 0 Å². The van der Waals surface area contributed by atoms with Crippen LogP contribution in [-0.4, -0.2) is 81.2 Å². The van der Waals surface area contributed by atoms with Gasteiger partial charge >= 0.3 is 6.03 Å². The molecule has 9 heteroatoms. The van der Waals surface area contributed by atoms with Crippen molar-refractivity contribution < 1.29 is 14.3 Å². The molecule has 0 aliphatic rings. The van der Waals surface area contributed by atoms with E-state index in [2.05, 4.69) is 53.4 Å². The second-order valence-electron chi connectivity index (χ2n) is 6.72. The molecule has 1 aromatic carbocycles. The number of ether oxygens (including phenoxy) is 1. The summed E-state index contributed by atoms with van der Waals surface area (Å²) in [7, 11) is 1.48. The van der Waals surface area contributed by atoms with Gasteiger partial charge in [-0.3, -0.25) is 4.79 Å². The van der Waals surface area contributed by atoms with Crippen molar-refractivity contribution in [3.63, 3.8) is 0 Å². The van der Waals surface area contributed by atoms with E-state index in [4.69, 9.17) is 16.3 Å². The number of carbonyl (C=O) groups is 2. The minimum Gasteiger partial charge on any atom is -0.496 e. The van der Waals surface area contributed by atoms with Gasteiger partial charge in [0.05, 0.1) is 23.4 Å². The number of nitrogens with one attached hydrogen (secondary N) is 3. The molecule has 0 unspecified atom stereocenters. The zero-order valence-corrected chi connectivity index (χ0v) is 19.6. The van der Waals surface area contributed by atoms with E-state index in [0.29, 0.717) is 30.1 Å². The summed E-state index contributed by atoms with van der Waals surface area (Å²) >= 11 is 6.31. The number of hydrogen-bond donors (Lipinski definition) is 3. The first-order chi connectivity index (χ1) is 14.4. The third-order valence-corrected chi connectivity index (χ3v) is 5.31. The fourth-order valence-electron chi connectivity index (χ4n) is 2.99. The number of rotatable bonds is 13. The van der Waals surface area contributed by atoms with Gasteiger partial charge < -0.3 is 30.5 Å². The number of nitrogens with zero attached hydrogens (tertiary/aromatic N) is 2. The van der Waals surface area contributed by atoms with Gasteiger partial charge in [0.25, 0.3) is 5.91 Å². The molecule has 170 valence electrons. The zero-order chi connectivity index (χ0) is 22.5. The van der Waals surface area contributed by atoms with Crippen molar-refractivity contribution >= 4 is 29.2 Å². The highest BCUT2D eigenvalue weighted by Crippen LogP contribution is 2.31. The van der Waals surface area contributed by atoms with Crippen molar-refractivity contribution in [3.8, 4) is 5.75 Å². The molecule has 8 nitrogen and oxygen atoms in total. The third kappa shape index (κ3) is 8.38. The highest BCUT2D eigenvalue weighted by Gasteiger charge is 2.17. The SMILES string of the molecule is CCN(CC)CCNC(=O)Nc1cc(OC)c(C(=O)NCCN(CC)CC)cc1Cl. The van der Waals surface area contributed by atoms with Gasteiger partial charge in [0.2, 0.25) is 0 Å². The van der Waals surface area contributed by atoms with E-state index in [1.807, 2.05) is 0 Å². The molecule has 1 aromatic rings. The molecule has 0 bridgehead atoms. The van der Waals surface area contributed by atoms with Crippen molar-refractivity contribution in [2.24, 2.45) is 0 Å². The standard InChI is InChI=1S/C21H36ClN5O3/c1-6-26(7-2)12-10-23-20(28)16-14-17(22)18(15-19(16)30-5)25-21(29)24-11-13-27(8-3)9-4/h14-15H,6-13H2,1-5H3,(H,23,28)(H2,24,25,29). The minimum atomic E-state index is -0.359. The lowest BCUT2D eigenvalue weighted by atomic mass is 10.1. The van der Waals surface area contributed by atoms with Crippen LogP contribution in [0.1, 0.15) is 38.1 Å². The van der Waals surface area contributed by atoms with Crippen LogP contribution < -0.4 is 20.7 Å². The Bertz CT molecular complexity index is 679. The van der Waals surface area contributed by atoms with Crippen molar-refractivity contribution in [2.45, 2.75) is 27.7 Å². The normalized spacial score (nSPS) is 10.9. The van der Waals surface area contributed by atoms with Crippen LogP contribution in [-0.2, 0) is 0 Å². The average molecular weight is 442 g/mol. The van der Waals surface area contributed by atoms with Gasteiger partial charge in [0.15, 0.2) is 0 Å². The first-order valence-electron chi connectivity index (χ1n) is 10.5. The Balaban J connectivity index is 2.72. The van der Waals surface area contributed by atoms with E-state index >= 15 is 0 Å². The Morgan fingerprint density at radius 1 is 0.933 bits per heavy atom. The lowest BCUT2D eigenvalue weighted by molar-refractivity contribution is 0.0946. The summed E-state index contributed by atoms with van der Waals surface area (Å²) in [5, 5.41) is 8.68. The number of methoxy groups -OCH3 is 1. The van der Waals surface area contributed by atoms with Crippen LogP contribution in [0.5, 0.6) is 5.75 Å². The molecule has 3 amide bonds. The van der Waals surface area contributed by atoms with E-state index in [0.717, 1.165) is 39.3 Å². The Morgan fingerprint density at radius 3 is 1.97 bits per heavy atom. The number of anilines is 1. The lowest BCUT2D eigenvalue weighted by Crippen LogP contribution is -2.37. The highest BCUT2D eigenvalue weighted by atomic mass is 35.5. The average Bonchev–Trinajstić information content (AvgIpc) is 2.75. The van der Waals surface area contributed by atoms with E-state index in [-0.39, 0.29) is 17.0 Å². The Labute approximate surface area is 185 Å². The van der Waals surface area contributed by atoms with E-state index in [9.17, 15) is 9.59 Å². The monoisotopic (exact) mass is 441 g/mol. The summed E-state index contributed by atoms with van der Waals surface area (Å²) in [6.07, 6.45) is 0. The summed E-state index contributed by atoms with van der Waals surface area (Å²) in [5.41, 5.74) is 0.711. The topological polar surface area (TPSA) is 85.9 Å². The molecule has 0 aromatic heterocycles. The van der Waals surface area contributed by atoms with Gasteiger partial charge in [-0.15, -0.1) is 0 Å². The predicted octanol–water partition coefficient (Wildman–Crippen LogP) is 2.88. The van der Waals surface area contributed by atoms with Crippen molar-refractivity contribution in [1.82, 2.24) is 20.4 Å². The fraction of sp³-hybridized carbons (Fsp3) is 0.619. The molecule has 3 N–H and O–H groups in total.